The Morgan fingerprint density at radius 3 is 2.73 bits per heavy atom. The van der Waals surface area contributed by atoms with Crippen LogP contribution < -0.4 is 5.32 Å². The molecule has 1 aromatic heterocycles. The molecular weight excluding hydrogens is 266 g/mol. The number of halogens is 1. The van der Waals surface area contributed by atoms with Gasteiger partial charge in [0.2, 0.25) is 0 Å². The molecule has 0 spiro atoms. The number of aromatic carboxylic acids is 1. The van der Waals surface area contributed by atoms with E-state index < -0.39 is 11.9 Å². The smallest absolute Gasteiger partial charge is 0.338 e. The fourth-order valence-electron chi connectivity index (χ4n) is 0.831. The van der Waals surface area contributed by atoms with E-state index in [1.54, 1.807) is 0 Å². The van der Waals surface area contributed by atoms with E-state index in [0.29, 0.717) is 4.48 Å². The van der Waals surface area contributed by atoms with Crippen molar-refractivity contribution in [2.45, 2.75) is 0 Å². The van der Waals surface area contributed by atoms with Crippen molar-refractivity contribution in [1.82, 2.24) is 5.32 Å². The van der Waals surface area contributed by atoms with Gasteiger partial charge in [-0.2, -0.15) is 0 Å². The summed E-state index contributed by atoms with van der Waals surface area (Å²) >= 11 is 3.07. The highest BCUT2D eigenvalue weighted by Crippen LogP contribution is 2.08. The molecule has 0 saturated heterocycles. The van der Waals surface area contributed by atoms with Crippen molar-refractivity contribution in [3.63, 3.8) is 0 Å². The monoisotopic (exact) mass is 273 g/mol. The van der Waals surface area contributed by atoms with Gasteiger partial charge >= 0.3 is 5.97 Å². The summed E-state index contributed by atoms with van der Waals surface area (Å²) in [5.74, 6) is -1.66. The first-order chi connectivity index (χ1) is 7.00. The normalized spacial score (nSPS) is 9.67. The van der Waals surface area contributed by atoms with Gasteiger partial charge in [-0.05, 0) is 0 Å². The fraction of sp³-hybridized carbons (Fsp3) is 0.111. The zero-order valence-electron chi connectivity index (χ0n) is 7.62. The van der Waals surface area contributed by atoms with E-state index in [1.165, 1.54) is 0 Å². The average molecular weight is 274 g/mol. The Morgan fingerprint density at radius 2 is 2.27 bits per heavy atom. The van der Waals surface area contributed by atoms with Crippen LogP contribution in [0, 0.1) is 0 Å². The van der Waals surface area contributed by atoms with Crippen molar-refractivity contribution < 1.29 is 19.1 Å². The molecule has 5 nitrogen and oxygen atoms in total. The maximum Gasteiger partial charge on any atom is 0.338 e. The molecule has 2 N–H and O–H groups in total. The number of carbonyl (C=O) groups excluding carboxylic acids is 1. The second-order valence-electron chi connectivity index (χ2n) is 2.70. The molecule has 1 aromatic rings. The molecule has 0 atom stereocenters. The molecule has 0 fully saturated rings. The van der Waals surface area contributed by atoms with Gasteiger partial charge in [-0.25, -0.2) is 4.79 Å². The minimum absolute atomic E-state index is 0.0406. The number of hydrogen-bond acceptors (Lipinski definition) is 3. The van der Waals surface area contributed by atoms with Crippen molar-refractivity contribution in [1.29, 1.82) is 0 Å². The van der Waals surface area contributed by atoms with Crippen molar-refractivity contribution >= 4 is 27.8 Å². The second-order valence-corrected chi connectivity index (χ2v) is 3.83. The average Bonchev–Trinajstić information content (AvgIpc) is 2.62. The molecule has 0 aliphatic carbocycles. The highest BCUT2D eigenvalue weighted by Gasteiger charge is 2.13. The number of carboxylic acid groups (broad SMARTS) is 1. The van der Waals surface area contributed by atoms with E-state index in [4.69, 9.17) is 9.52 Å². The van der Waals surface area contributed by atoms with Gasteiger partial charge in [-0.15, -0.1) is 0 Å². The standard InChI is InChI=1S/C9H8BrNO4/c1-5(10)3-11-8(12)7-2-6(4-15-7)9(13)14/h2,4H,1,3H2,(H,11,12)(H,13,14). The molecule has 0 aliphatic heterocycles. The summed E-state index contributed by atoms with van der Waals surface area (Å²) in [4.78, 5) is 21.8. The Labute approximate surface area is 93.9 Å². The number of amides is 1. The van der Waals surface area contributed by atoms with Crippen LogP contribution in [0.4, 0.5) is 0 Å². The topological polar surface area (TPSA) is 79.5 Å². The SMILES string of the molecule is C=C(Br)CNC(=O)c1cc(C(=O)O)co1. The number of nitrogens with one attached hydrogen (secondary N) is 1. The summed E-state index contributed by atoms with van der Waals surface area (Å²) in [6, 6.07) is 1.16. The summed E-state index contributed by atoms with van der Waals surface area (Å²) in [5, 5.41) is 11.1. The summed E-state index contributed by atoms with van der Waals surface area (Å²) < 4.78 is 5.39. The Kier molecular flexibility index (Phi) is 3.68. The first-order valence-electron chi connectivity index (χ1n) is 3.94. The molecule has 0 radical (unpaired) electrons. The Morgan fingerprint density at radius 1 is 1.60 bits per heavy atom. The van der Waals surface area contributed by atoms with Crippen LogP contribution in [0.5, 0.6) is 0 Å². The third kappa shape index (κ3) is 3.25. The van der Waals surface area contributed by atoms with E-state index in [2.05, 4.69) is 27.8 Å². The highest BCUT2D eigenvalue weighted by molar-refractivity contribution is 9.11. The van der Waals surface area contributed by atoms with Crippen molar-refractivity contribution in [2.75, 3.05) is 6.54 Å². The summed E-state index contributed by atoms with van der Waals surface area (Å²) in [6.45, 7) is 3.78. The third-order valence-electron chi connectivity index (χ3n) is 1.51. The molecule has 0 saturated carbocycles. The van der Waals surface area contributed by atoms with E-state index in [1.807, 2.05) is 0 Å². The molecule has 1 rings (SSSR count). The minimum atomic E-state index is -1.14. The van der Waals surface area contributed by atoms with E-state index >= 15 is 0 Å². The van der Waals surface area contributed by atoms with Crippen LogP contribution in [0.15, 0.2) is 27.8 Å². The molecule has 0 unspecified atom stereocenters. The first-order valence-corrected chi connectivity index (χ1v) is 4.73. The van der Waals surface area contributed by atoms with E-state index in [9.17, 15) is 9.59 Å². The van der Waals surface area contributed by atoms with Gasteiger partial charge in [-0.3, -0.25) is 4.79 Å². The van der Waals surface area contributed by atoms with Crippen LogP contribution in [0.3, 0.4) is 0 Å². The van der Waals surface area contributed by atoms with Crippen LogP contribution in [0.1, 0.15) is 20.9 Å². The van der Waals surface area contributed by atoms with E-state index in [0.717, 1.165) is 12.3 Å². The summed E-state index contributed by atoms with van der Waals surface area (Å²) in [5.41, 5.74) is -0.0576. The Balaban J connectivity index is 2.66. The number of rotatable bonds is 4. The van der Waals surface area contributed by atoms with E-state index in [-0.39, 0.29) is 17.9 Å². The highest BCUT2D eigenvalue weighted by atomic mass is 79.9. The van der Waals surface area contributed by atoms with Crippen LogP contribution in [0.25, 0.3) is 0 Å². The molecular formula is C9H8BrNO4. The molecule has 0 aromatic carbocycles. The second kappa shape index (κ2) is 4.79. The lowest BCUT2D eigenvalue weighted by Crippen LogP contribution is -2.23. The maximum atomic E-state index is 11.3. The lowest BCUT2D eigenvalue weighted by molar-refractivity contribution is 0.0696. The maximum absolute atomic E-state index is 11.3. The number of hydrogen-bond donors (Lipinski definition) is 2. The van der Waals surface area contributed by atoms with Gasteiger partial charge in [0.1, 0.15) is 6.26 Å². The number of carbonyl (C=O) groups is 2. The molecule has 6 heteroatoms. The van der Waals surface area contributed by atoms with Crippen molar-refractivity contribution in [2.24, 2.45) is 0 Å². The van der Waals surface area contributed by atoms with Crippen LogP contribution in [0.2, 0.25) is 0 Å². The number of furan rings is 1. The molecule has 15 heavy (non-hydrogen) atoms. The largest absolute Gasteiger partial charge is 0.478 e. The third-order valence-corrected chi connectivity index (χ3v) is 1.79. The Bertz CT molecular complexity index is 410. The number of carboxylic acids is 1. The molecule has 80 valence electrons. The van der Waals surface area contributed by atoms with Gasteiger partial charge in [-0.1, -0.05) is 22.5 Å². The van der Waals surface area contributed by atoms with Crippen LogP contribution in [-0.4, -0.2) is 23.5 Å². The van der Waals surface area contributed by atoms with Gasteiger partial charge < -0.3 is 14.8 Å². The zero-order valence-corrected chi connectivity index (χ0v) is 9.20. The predicted molar refractivity (Wildman–Crippen MR) is 56.1 cm³/mol. The van der Waals surface area contributed by atoms with Crippen molar-refractivity contribution in [3.05, 3.63) is 34.7 Å². The van der Waals surface area contributed by atoms with Gasteiger partial charge in [0.05, 0.1) is 5.56 Å². The lowest BCUT2D eigenvalue weighted by atomic mass is 10.3. The van der Waals surface area contributed by atoms with Gasteiger partial charge in [0, 0.05) is 17.1 Å². The molecule has 0 aliphatic rings. The van der Waals surface area contributed by atoms with Crippen molar-refractivity contribution in [3.8, 4) is 0 Å². The molecule has 0 bridgehead atoms. The first kappa shape index (κ1) is 11.5. The predicted octanol–water partition coefficient (Wildman–Crippen LogP) is 1.62. The van der Waals surface area contributed by atoms with Gasteiger partial charge in [0.25, 0.3) is 5.91 Å². The van der Waals surface area contributed by atoms with Crippen LogP contribution in [-0.2, 0) is 0 Å². The zero-order chi connectivity index (χ0) is 11.4. The summed E-state index contributed by atoms with van der Waals surface area (Å²) in [7, 11) is 0. The summed E-state index contributed by atoms with van der Waals surface area (Å²) in [6.07, 6.45) is 1.01. The lowest BCUT2D eigenvalue weighted by Gasteiger charge is -1.99. The molecule has 1 amide bonds. The Hall–Kier alpha value is -1.56. The fourth-order valence-corrected chi connectivity index (χ4v) is 0.971. The minimum Gasteiger partial charge on any atom is -0.478 e. The molecule has 1 heterocycles. The van der Waals surface area contributed by atoms with Gasteiger partial charge in [0.15, 0.2) is 5.76 Å². The quantitative estimate of drug-likeness (QED) is 0.874. The van der Waals surface area contributed by atoms with Crippen LogP contribution >= 0.6 is 15.9 Å².